The Kier molecular flexibility index (Phi) is 15.2. The number of nitrogens with zero attached hydrogens (tertiary/aromatic N) is 3. The molecule has 2 heterocycles. The highest BCUT2D eigenvalue weighted by Gasteiger charge is 2.50. The largest absolute Gasteiger partial charge is 0.509 e. The van der Waals surface area contributed by atoms with Crippen LogP contribution in [0.15, 0.2) is 41.3 Å². The molecule has 1 aromatic heterocycles. The molecular weight excluding hydrogens is 881 g/mol. The third-order valence-electron chi connectivity index (χ3n) is 6.71. The Labute approximate surface area is 336 Å². The minimum atomic E-state index is -4.45. The maximum Gasteiger partial charge on any atom is 0.509 e. The molecule has 17 nitrogen and oxygen atoms in total. The summed E-state index contributed by atoms with van der Waals surface area (Å²) in [6, 6.07) is 6.32. The number of ether oxygens (including phenoxy) is 5. The van der Waals surface area contributed by atoms with E-state index >= 15 is 4.39 Å². The van der Waals surface area contributed by atoms with Crippen LogP contribution in [-0.2, 0) is 37.6 Å². The van der Waals surface area contributed by atoms with Gasteiger partial charge < -0.3 is 28.2 Å². The molecule has 0 bridgehead atoms. The third-order valence-corrected chi connectivity index (χ3v) is 10.6. The molecule has 6 atom stereocenters. The zero-order valence-electron chi connectivity index (χ0n) is 32.3. The predicted octanol–water partition coefficient (Wildman–Crippen LogP) is 7.15. The van der Waals surface area contributed by atoms with Crippen LogP contribution < -0.4 is 20.2 Å². The molecule has 1 fully saturated rings. The Hall–Kier alpha value is -3.46. The summed E-state index contributed by atoms with van der Waals surface area (Å²) in [6.45, 7) is 14.9. The Morgan fingerprint density at radius 3 is 2.00 bits per heavy atom. The second kappa shape index (κ2) is 18.2. The van der Waals surface area contributed by atoms with Crippen LogP contribution in [-0.4, -0.2) is 87.9 Å². The number of rotatable bonds is 11. The van der Waals surface area contributed by atoms with Crippen molar-refractivity contribution < 1.29 is 60.9 Å². The maximum absolute atomic E-state index is 16.5. The monoisotopic (exact) mass is 928 g/mol. The number of alkyl halides is 1. The van der Waals surface area contributed by atoms with Crippen LogP contribution in [0.1, 0.15) is 74.6 Å². The van der Waals surface area contributed by atoms with Crippen molar-refractivity contribution in [3.63, 3.8) is 0 Å². The van der Waals surface area contributed by atoms with Crippen LogP contribution >= 0.6 is 42.1 Å². The standard InChI is InChI=1S/C34H47FIN4O13PS/c1-19(27(41)47-11)38-54(46,53-21-14-12-20(36)13-15-21)48-18-22-25(49-31(45)52-34(8,9)10)24(35)26(55-22)39-17-16-23(37-28(39)42)40(29(43)50-32(2,3)4)30(44)51-33(5,6)7/h12-17,19,22,24-26H,18H2,1-11H3,(H,38,46)/t19-,22+,24-,25+,26+,54?/m0/s1. The fourth-order valence-corrected chi connectivity index (χ4v) is 7.98. The topological polar surface area (TPSA) is 200 Å². The molecule has 55 heavy (non-hydrogen) atoms. The van der Waals surface area contributed by atoms with Crippen LogP contribution in [0.4, 0.5) is 24.6 Å². The van der Waals surface area contributed by atoms with E-state index in [4.69, 9.17) is 32.7 Å². The lowest BCUT2D eigenvalue weighted by molar-refractivity contribution is -0.142. The number of imide groups is 1. The van der Waals surface area contributed by atoms with Crippen molar-refractivity contribution in [3.8, 4) is 5.75 Å². The summed E-state index contributed by atoms with van der Waals surface area (Å²) in [5.41, 5.74) is -4.21. The van der Waals surface area contributed by atoms with Gasteiger partial charge in [0.25, 0.3) is 0 Å². The van der Waals surface area contributed by atoms with Gasteiger partial charge in [-0.2, -0.15) is 15.0 Å². The normalized spacial score (nSPS) is 20.4. The number of carbonyl (C=O) groups excluding carboxylic acids is 4. The minimum Gasteiger partial charge on any atom is -0.468 e. The number of carbonyl (C=O) groups is 4. The summed E-state index contributed by atoms with van der Waals surface area (Å²) in [5, 5.41) is -0.106. The second-order valence-corrected chi connectivity index (χ2v) is 19.3. The Morgan fingerprint density at radius 1 is 0.964 bits per heavy atom. The number of hydrogen-bond acceptors (Lipinski definition) is 15. The first-order valence-corrected chi connectivity index (χ1v) is 20.4. The zero-order chi connectivity index (χ0) is 41.7. The Bertz CT molecular complexity index is 1790. The van der Waals surface area contributed by atoms with E-state index in [-0.39, 0.29) is 5.75 Å². The van der Waals surface area contributed by atoms with Gasteiger partial charge in [0.2, 0.25) is 0 Å². The van der Waals surface area contributed by atoms with Crippen LogP contribution in [0.2, 0.25) is 0 Å². The van der Waals surface area contributed by atoms with Gasteiger partial charge in [0.15, 0.2) is 18.1 Å². The van der Waals surface area contributed by atoms with Crippen LogP contribution in [0.3, 0.4) is 0 Å². The van der Waals surface area contributed by atoms with E-state index in [9.17, 15) is 28.5 Å². The van der Waals surface area contributed by atoms with Crippen LogP contribution in [0.25, 0.3) is 0 Å². The summed E-state index contributed by atoms with van der Waals surface area (Å²) < 4.78 is 69.8. The van der Waals surface area contributed by atoms with E-state index < -0.39 is 95.9 Å². The number of benzene rings is 1. The van der Waals surface area contributed by atoms with Crippen molar-refractivity contribution in [2.45, 2.75) is 115 Å². The quantitative estimate of drug-likeness (QED) is 0.103. The molecule has 21 heteroatoms. The van der Waals surface area contributed by atoms with E-state index in [0.717, 1.165) is 39.3 Å². The lowest BCUT2D eigenvalue weighted by Crippen LogP contribution is -2.45. The van der Waals surface area contributed by atoms with Crippen LogP contribution in [0.5, 0.6) is 5.75 Å². The number of aromatic nitrogens is 2. The van der Waals surface area contributed by atoms with E-state index in [0.29, 0.717) is 4.90 Å². The number of esters is 1. The second-order valence-electron chi connectivity index (χ2n) is 15.0. The number of amides is 2. The fourth-order valence-electron chi connectivity index (χ4n) is 4.54. The van der Waals surface area contributed by atoms with Crippen molar-refractivity contribution in [1.82, 2.24) is 14.6 Å². The Morgan fingerprint density at radius 2 is 1.51 bits per heavy atom. The van der Waals surface area contributed by atoms with Crippen molar-refractivity contribution in [3.05, 3.63) is 50.6 Å². The molecule has 0 spiro atoms. The molecule has 0 aliphatic carbocycles. The first-order chi connectivity index (χ1) is 25.2. The average molecular weight is 929 g/mol. The zero-order valence-corrected chi connectivity index (χ0v) is 36.2. The summed E-state index contributed by atoms with van der Waals surface area (Å²) in [7, 11) is -3.31. The first kappa shape index (κ1) is 45.9. The van der Waals surface area contributed by atoms with Crippen molar-refractivity contribution in [2.75, 3.05) is 18.6 Å². The minimum absolute atomic E-state index is 0.111. The lowest BCUT2D eigenvalue weighted by Gasteiger charge is -2.28. The van der Waals surface area contributed by atoms with Gasteiger partial charge in [-0.25, -0.2) is 28.1 Å². The summed E-state index contributed by atoms with van der Waals surface area (Å²) in [6.07, 6.45) is -6.27. The average Bonchev–Trinajstić information content (AvgIpc) is 3.32. The highest BCUT2D eigenvalue weighted by molar-refractivity contribution is 14.1. The number of methoxy groups -OCH3 is 1. The first-order valence-electron chi connectivity index (χ1n) is 16.8. The Balaban J connectivity index is 2.00. The molecule has 1 unspecified atom stereocenters. The molecule has 2 amide bonds. The van der Waals surface area contributed by atoms with E-state index in [1.54, 1.807) is 74.4 Å². The molecule has 1 aliphatic rings. The van der Waals surface area contributed by atoms with E-state index in [1.807, 2.05) is 0 Å². The smallest absolute Gasteiger partial charge is 0.468 e. The SMILES string of the molecule is COC(=O)[C@H](C)NP(=O)(OC[C@H]1S[C@@H](n2ccc(N(C(=O)OC(C)(C)C)C(=O)OC(C)(C)C)nc2=O)[C@@H](F)[C@@H]1OC(=O)OC(C)(C)C)Oc1ccc(I)cc1. The van der Waals surface area contributed by atoms with Gasteiger partial charge in [-0.15, -0.1) is 11.8 Å². The molecule has 306 valence electrons. The van der Waals surface area contributed by atoms with Gasteiger partial charge in [0.05, 0.1) is 19.0 Å². The van der Waals surface area contributed by atoms with Gasteiger partial charge >= 0.3 is 37.7 Å². The van der Waals surface area contributed by atoms with Crippen molar-refractivity contribution >= 4 is 72.2 Å². The third kappa shape index (κ3) is 13.9. The van der Waals surface area contributed by atoms with Crippen LogP contribution in [0, 0.1) is 3.57 Å². The van der Waals surface area contributed by atoms with E-state index in [1.165, 1.54) is 19.1 Å². The molecule has 2 aromatic rings. The summed E-state index contributed by atoms with van der Waals surface area (Å²) in [5.74, 6) is -1.14. The highest BCUT2D eigenvalue weighted by atomic mass is 127. The van der Waals surface area contributed by atoms with Gasteiger partial charge in [0.1, 0.15) is 34.0 Å². The summed E-state index contributed by atoms with van der Waals surface area (Å²) >= 11 is 2.84. The predicted molar refractivity (Wildman–Crippen MR) is 208 cm³/mol. The molecule has 1 aromatic carbocycles. The molecule has 0 saturated carbocycles. The number of hydrogen-bond donors (Lipinski definition) is 1. The van der Waals surface area contributed by atoms with Gasteiger partial charge in [-0.05, 0) is 122 Å². The maximum atomic E-state index is 16.5. The van der Waals surface area contributed by atoms with Gasteiger partial charge in [0, 0.05) is 9.77 Å². The summed E-state index contributed by atoms with van der Waals surface area (Å²) in [4.78, 5) is 69.2. The molecule has 1 saturated heterocycles. The number of anilines is 1. The van der Waals surface area contributed by atoms with Gasteiger partial charge in [-0.3, -0.25) is 13.9 Å². The number of halogens is 2. The highest BCUT2D eigenvalue weighted by Crippen LogP contribution is 2.50. The fraction of sp³-hybridized carbons (Fsp3) is 0.588. The van der Waals surface area contributed by atoms with Crippen molar-refractivity contribution in [1.29, 1.82) is 0 Å². The van der Waals surface area contributed by atoms with E-state index in [2.05, 4.69) is 32.7 Å². The lowest BCUT2D eigenvalue weighted by atomic mass is 10.1. The molecule has 1 N–H and O–H groups in total. The molecular formula is C34H47FIN4O13PS. The molecule has 0 radical (unpaired) electrons. The van der Waals surface area contributed by atoms with Gasteiger partial charge in [-0.1, -0.05) is 0 Å². The number of thioether (sulfide) groups is 1. The molecule has 3 rings (SSSR count). The molecule has 1 aliphatic heterocycles. The number of nitrogens with one attached hydrogen (secondary N) is 1. The van der Waals surface area contributed by atoms with Crippen molar-refractivity contribution in [2.24, 2.45) is 0 Å².